The van der Waals surface area contributed by atoms with Gasteiger partial charge in [-0.1, -0.05) is 25.7 Å². The molecule has 0 aromatic heterocycles. The number of carbonyl (C=O) groups is 4. The van der Waals surface area contributed by atoms with Crippen LogP contribution in [0.4, 0.5) is 0 Å². The lowest BCUT2D eigenvalue weighted by Gasteiger charge is -2.19. The maximum absolute atomic E-state index is 11.8. The van der Waals surface area contributed by atoms with E-state index in [-0.39, 0.29) is 30.5 Å². The van der Waals surface area contributed by atoms with Crippen LogP contribution in [0.25, 0.3) is 0 Å². The average Bonchev–Trinajstić information content (AvgIpc) is 2.74. The van der Waals surface area contributed by atoms with Crippen LogP contribution in [0.15, 0.2) is 0 Å². The van der Waals surface area contributed by atoms with Gasteiger partial charge in [0.2, 0.25) is 5.91 Å². The maximum atomic E-state index is 11.8. The van der Waals surface area contributed by atoms with E-state index < -0.39 is 11.6 Å². The van der Waals surface area contributed by atoms with Crippen molar-refractivity contribution in [3.05, 3.63) is 0 Å². The van der Waals surface area contributed by atoms with Crippen molar-refractivity contribution in [3.8, 4) is 0 Å². The molecular formula is C25H45NO8. The minimum Gasteiger partial charge on any atom is -0.481 e. The largest absolute Gasteiger partial charge is 0.481 e. The van der Waals surface area contributed by atoms with Gasteiger partial charge in [0.05, 0.1) is 26.2 Å². The van der Waals surface area contributed by atoms with E-state index in [1.54, 1.807) is 0 Å². The van der Waals surface area contributed by atoms with Gasteiger partial charge in [0.15, 0.2) is 0 Å². The lowest BCUT2D eigenvalue weighted by Crippen LogP contribution is -2.27. The first kappa shape index (κ1) is 32.0. The molecule has 0 aromatic rings. The molecule has 9 nitrogen and oxygen atoms in total. The number of hydrogen-bond acceptors (Lipinski definition) is 7. The van der Waals surface area contributed by atoms with E-state index in [1.807, 2.05) is 20.8 Å². The monoisotopic (exact) mass is 487 g/mol. The molecule has 198 valence electrons. The Hall–Kier alpha value is -2.00. The highest BCUT2D eigenvalue weighted by Crippen LogP contribution is 2.12. The molecule has 0 unspecified atom stereocenters. The summed E-state index contributed by atoms with van der Waals surface area (Å²) in [6, 6.07) is 0. The van der Waals surface area contributed by atoms with Crippen LogP contribution in [-0.2, 0) is 33.4 Å². The van der Waals surface area contributed by atoms with Crippen molar-refractivity contribution in [1.29, 1.82) is 0 Å². The lowest BCUT2D eigenvalue weighted by molar-refractivity contribution is -0.155. The number of nitrogens with one attached hydrogen (secondary N) is 1. The SMILES string of the molecule is CC(C)(C)OC(=O)CCCCCCCCC(=O)NCCOCCOCCCC(=O)CCC(=O)O. The van der Waals surface area contributed by atoms with E-state index in [4.69, 9.17) is 19.3 Å². The van der Waals surface area contributed by atoms with E-state index >= 15 is 0 Å². The molecule has 0 spiro atoms. The second-order valence-electron chi connectivity index (χ2n) is 9.32. The number of ketones is 1. The van der Waals surface area contributed by atoms with Crippen molar-refractivity contribution in [1.82, 2.24) is 5.32 Å². The Morgan fingerprint density at radius 2 is 1.26 bits per heavy atom. The Morgan fingerprint density at radius 3 is 1.88 bits per heavy atom. The van der Waals surface area contributed by atoms with Crippen LogP contribution >= 0.6 is 0 Å². The summed E-state index contributed by atoms with van der Waals surface area (Å²) in [7, 11) is 0. The van der Waals surface area contributed by atoms with Crippen molar-refractivity contribution in [2.45, 2.75) is 103 Å². The van der Waals surface area contributed by atoms with Crippen molar-refractivity contribution >= 4 is 23.6 Å². The highest BCUT2D eigenvalue weighted by atomic mass is 16.6. The molecule has 2 N–H and O–H groups in total. The summed E-state index contributed by atoms with van der Waals surface area (Å²) in [6.45, 7) is 7.75. The third-order valence-electron chi connectivity index (χ3n) is 4.76. The molecule has 0 heterocycles. The van der Waals surface area contributed by atoms with Crippen molar-refractivity contribution < 1.29 is 38.5 Å². The number of Topliss-reactive ketones (excluding diaryl/α,β-unsaturated/α-hetero) is 1. The molecule has 0 aliphatic heterocycles. The molecule has 0 fully saturated rings. The number of aliphatic carboxylic acids is 1. The summed E-state index contributed by atoms with van der Waals surface area (Å²) in [5, 5.41) is 11.3. The molecule has 0 aromatic carbocycles. The molecule has 9 heteroatoms. The number of carbonyl (C=O) groups excluding carboxylic acids is 3. The molecule has 0 atom stereocenters. The zero-order valence-corrected chi connectivity index (χ0v) is 21.3. The third-order valence-corrected chi connectivity index (χ3v) is 4.76. The highest BCUT2D eigenvalue weighted by Gasteiger charge is 2.15. The number of esters is 1. The third kappa shape index (κ3) is 24.6. The predicted octanol–water partition coefficient (Wildman–Crippen LogP) is 3.81. The predicted molar refractivity (Wildman–Crippen MR) is 129 cm³/mol. The maximum Gasteiger partial charge on any atom is 0.306 e. The summed E-state index contributed by atoms with van der Waals surface area (Å²) in [6.07, 6.45) is 7.62. The molecular weight excluding hydrogens is 442 g/mol. The molecule has 0 radical (unpaired) electrons. The van der Waals surface area contributed by atoms with Gasteiger partial charge in [-0.05, 0) is 40.0 Å². The normalized spacial score (nSPS) is 11.3. The number of carboxylic acid groups (broad SMARTS) is 1. The van der Waals surface area contributed by atoms with Gasteiger partial charge in [-0.25, -0.2) is 0 Å². The Bertz CT molecular complexity index is 586. The molecule has 0 rings (SSSR count). The summed E-state index contributed by atoms with van der Waals surface area (Å²) >= 11 is 0. The van der Waals surface area contributed by atoms with Crippen molar-refractivity contribution in [3.63, 3.8) is 0 Å². The molecule has 1 amide bonds. The van der Waals surface area contributed by atoms with Gasteiger partial charge in [-0.3, -0.25) is 19.2 Å². The first-order valence-corrected chi connectivity index (χ1v) is 12.5. The average molecular weight is 488 g/mol. The van der Waals surface area contributed by atoms with Gasteiger partial charge in [0.25, 0.3) is 0 Å². The Kier molecular flexibility index (Phi) is 19.2. The van der Waals surface area contributed by atoms with E-state index in [2.05, 4.69) is 5.32 Å². The molecule has 0 bridgehead atoms. The zero-order valence-electron chi connectivity index (χ0n) is 21.3. The Balaban J connectivity index is 3.35. The first-order chi connectivity index (χ1) is 16.1. The lowest BCUT2D eigenvalue weighted by atomic mass is 10.1. The smallest absolute Gasteiger partial charge is 0.306 e. The first-order valence-electron chi connectivity index (χ1n) is 12.5. The van der Waals surface area contributed by atoms with Gasteiger partial charge < -0.3 is 24.6 Å². The van der Waals surface area contributed by atoms with Gasteiger partial charge in [0, 0.05) is 38.8 Å². The van der Waals surface area contributed by atoms with Crippen LogP contribution in [0.2, 0.25) is 0 Å². The number of hydrogen-bond donors (Lipinski definition) is 2. The minimum absolute atomic E-state index is 0.0253. The van der Waals surface area contributed by atoms with Crippen LogP contribution in [0.5, 0.6) is 0 Å². The number of amides is 1. The summed E-state index contributed by atoms with van der Waals surface area (Å²) in [5.74, 6) is -1.14. The molecule has 0 aliphatic rings. The number of unbranched alkanes of at least 4 members (excludes halogenated alkanes) is 5. The number of carboxylic acids is 1. The molecule has 34 heavy (non-hydrogen) atoms. The van der Waals surface area contributed by atoms with E-state index in [0.29, 0.717) is 58.7 Å². The van der Waals surface area contributed by atoms with E-state index in [9.17, 15) is 19.2 Å². The summed E-state index contributed by atoms with van der Waals surface area (Å²) in [4.78, 5) is 45.2. The summed E-state index contributed by atoms with van der Waals surface area (Å²) in [5.41, 5.74) is -0.422. The van der Waals surface area contributed by atoms with Crippen LogP contribution in [-0.4, -0.2) is 67.3 Å². The van der Waals surface area contributed by atoms with Gasteiger partial charge in [0.1, 0.15) is 11.4 Å². The van der Waals surface area contributed by atoms with E-state index in [1.165, 1.54) is 0 Å². The van der Waals surface area contributed by atoms with E-state index in [0.717, 1.165) is 38.5 Å². The van der Waals surface area contributed by atoms with Crippen LogP contribution < -0.4 is 5.32 Å². The molecule has 0 saturated carbocycles. The van der Waals surface area contributed by atoms with Gasteiger partial charge in [-0.2, -0.15) is 0 Å². The number of ether oxygens (including phenoxy) is 3. The Labute approximate surface area is 204 Å². The molecule has 0 saturated heterocycles. The fourth-order valence-electron chi connectivity index (χ4n) is 3.07. The fourth-order valence-corrected chi connectivity index (χ4v) is 3.07. The van der Waals surface area contributed by atoms with Crippen LogP contribution in [0.1, 0.15) is 97.8 Å². The van der Waals surface area contributed by atoms with Gasteiger partial charge >= 0.3 is 11.9 Å². The standard InChI is InChI=1S/C25H45NO8/c1-25(2,3)34-24(31)13-9-7-5-4-6-8-12-22(28)26-16-18-33-20-19-32-17-10-11-21(27)14-15-23(29)30/h4-20H2,1-3H3,(H,26,28)(H,29,30). The van der Waals surface area contributed by atoms with Gasteiger partial charge in [-0.15, -0.1) is 0 Å². The van der Waals surface area contributed by atoms with Crippen molar-refractivity contribution in [2.75, 3.05) is 33.0 Å². The topological polar surface area (TPSA) is 128 Å². The Morgan fingerprint density at radius 1 is 0.676 bits per heavy atom. The summed E-state index contributed by atoms with van der Waals surface area (Å²) < 4.78 is 16.0. The zero-order chi connectivity index (χ0) is 25.7. The number of rotatable bonds is 22. The van der Waals surface area contributed by atoms with Crippen LogP contribution in [0.3, 0.4) is 0 Å². The second-order valence-corrected chi connectivity index (χ2v) is 9.32. The van der Waals surface area contributed by atoms with Crippen molar-refractivity contribution in [2.24, 2.45) is 0 Å². The van der Waals surface area contributed by atoms with Crippen LogP contribution in [0, 0.1) is 0 Å². The second kappa shape index (κ2) is 20.4. The molecule has 0 aliphatic carbocycles. The fraction of sp³-hybridized carbons (Fsp3) is 0.840. The minimum atomic E-state index is -0.960. The quantitative estimate of drug-likeness (QED) is 0.174. The highest BCUT2D eigenvalue weighted by molar-refractivity contribution is 5.82.